The van der Waals surface area contributed by atoms with Crippen molar-refractivity contribution in [2.75, 3.05) is 5.32 Å². The van der Waals surface area contributed by atoms with Crippen LogP contribution in [-0.4, -0.2) is 15.0 Å². The van der Waals surface area contributed by atoms with E-state index >= 15 is 0 Å². The lowest BCUT2D eigenvalue weighted by Crippen LogP contribution is -2.14. The van der Waals surface area contributed by atoms with E-state index in [1.807, 2.05) is 42.5 Å². The van der Waals surface area contributed by atoms with Crippen LogP contribution in [0.2, 0.25) is 5.02 Å². The van der Waals surface area contributed by atoms with Crippen molar-refractivity contribution in [3.63, 3.8) is 0 Å². The molecule has 2 heterocycles. The molecule has 3 rings (SSSR count). The van der Waals surface area contributed by atoms with Crippen molar-refractivity contribution in [3.05, 3.63) is 83.5 Å². The number of nitrogens with one attached hydrogen (secondary N) is 1. The minimum atomic E-state index is -0.137. The number of hydrogen-bond acceptors (Lipinski definition) is 4. The van der Waals surface area contributed by atoms with E-state index in [9.17, 15) is 0 Å². The summed E-state index contributed by atoms with van der Waals surface area (Å²) in [5.74, 6) is 0.688. The standard InChI is InChI=1S/C16H13ClN4/c17-13-5-3-4-12(10-13)16(14-6-1-2-7-19-14)21-15-11-18-8-9-20-15/h1-11,16H,(H,20,21). The molecule has 0 saturated carbocycles. The van der Waals surface area contributed by atoms with E-state index in [4.69, 9.17) is 11.6 Å². The summed E-state index contributed by atoms with van der Waals surface area (Å²) in [5, 5.41) is 4.03. The van der Waals surface area contributed by atoms with Crippen LogP contribution < -0.4 is 5.32 Å². The maximum Gasteiger partial charge on any atom is 0.145 e. The molecular weight excluding hydrogens is 284 g/mol. The number of hydrogen-bond donors (Lipinski definition) is 1. The third kappa shape index (κ3) is 3.35. The molecule has 0 aliphatic heterocycles. The van der Waals surface area contributed by atoms with Crippen LogP contribution in [0.4, 0.5) is 5.82 Å². The number of rotatable bonds is 4. The maximum atomic E-state index is 6.10. The van der Waals surface area contributed by atoms with E-state index in [1.54, 1.807) is 24.8 Å². The van der Waals surface area contributed by atoms with Crippen molar-refractivity contribution in [1.82, 2.24) is 15.0 Å². The molecule has 104 valence electrons. The Hall–Kier alpha value is -2.46. The van der Waals surface area contributed by atoms with Gasteiger partial charge in [0.05, 0.1) is 17.9 Å². The van der Waals surface area contributed by atoms with Gasteiger partial charge in [-0.3, -0.25) is 9.97 Å². The van der Waals surface area contributed by atoms with Crippen molar-refractivity contribution in [2.24, 2.45) is 0 Å². The first-order chi connectivity index (χ1) is 10.3. The van der Waals surface area contributed by atoms with Crippen molar-refractivity contribution in [2.45, 2.75) is 6.04 Å². The Balaban J connectivity index is 1.99. The lowest BCUT2D eigenvalue weighted by atomic mass is 10.0. The minimum absolute atomic E-state index is 0.137. The number of anilines is 1. The molecule has 0 radical (unpaired) electrons. The predicted molar refractivity (Wildman–Crippen MR) is 83.2 cm³/mol. The Kier molecular flexibility index (Phi) is 4.07. The van der Waals surface area contributed by atoms with Gasteiger partial charge in [-0.05, 0) is 29.8 Å². The summed E-state index contributed by atoms with van der Waals surface area (Å²) < 4.78 is 0. The quantitative estimate of drug-likeness (QED) is 0.797. The van der Waals surface area contributed by atoms with Crippen LogP contribution in [0.15, 0.2) is 67.3 Å². The monoisotopic (exact) mass is 296 g/mol. The Morgan fingerprint density at radius 2 is 1.90 bits per heavy atom. The van der Waals surface area contributed by atoms with Crippen molar-refractivity contribution in [3.8, 4) is 0 Å². The smallest absolute Gasteiger partial charge is 0.145 e. The summed E-state index contributed by atoms with van der Waals surface area (Å²) in [5.41, 5.74) is 1.91. The van der Waals surface area contributed by atoms with Crippen molar-refractivity contribution >= 4 is 17.4 Å². The second-order valence-electron chi connectivity index (χ2n) is 4.48. The summed E-state index contributed by atoms with van der Waals surface area (Å²) in [6.07, 6.45) is 6.74. The Labute approximate surface area is 127 Å². The molecule has 1 N–H and O–H groups in total. The topological polar surface area (TPSA) is 50.7 Å². The van der Waals surface area contributed by atoms with Gasteiger partial charge < -0.3 is 5.32 Å². The molecule has 2 aromatic heterocycles. The van der Waals surface area contributed by atoms with E-state index in [2.05, 4.69) is 20.3 Å². The van der Waals surface area contributed by atoms with Gasteiger partial charge in [0.1, 0.15) is 5.82 Å². The maximum absolute atomic E-state index is 6.10. The summed E-state index contributed by atoms with van der Waals surface area (Å²) in [4.78, 5) is 12.8. The molecule has 1 atom stereocenters. The van der Waals surface area contributed by atoms with Gasteiger partial charge in [0.2, 0.25) is 0 Å². The second-order valence-corrected chi connectivity index (χ2v) is 4.91. The zero-order chi connectivity index (χ0) is 14.5. The lowest BCUT2D eigenvalue weighted by molar-refractivity contribution is 0.875. The van der Waals surface area contributed by atoms with Gasteiger partial charge in [0.25, 0.3) is 0 Å². The van der Waals surface area contributed by atoms with Gasteiger partial charge in [-0.25, -0.2) is 4.98 Å². The van der Waals surface area contributed by atoms with Crippen LogP contribution in [-0.2, 0) is 0 Å². The summed E-state index contributed by atoms with van der Waals surface area (Å²) >= 11 is 6.10. The number of nitrogens with zero attached hydrogens (tertiary/aromatic N) is 3. The highest BCUT2D eigenvalue weighted by molar-refractivity contribution is 6.30. The Bertz CT molecular complexity index is 704. The molecule has 21 heavy (non-hydrogen) atoms. The second kappa shape index (κ2) is 6.33. The van der Waals surface area contributed by atoms with Gasteiger partial charge in [0, 0.05) is 23.6 Å². The first-order valence-electron chi connectivity index (χ1n) is 6.52. The molecule has 5 heteroatoms. The molecule has 0 fully saturated rings. The highest BCUT2D eigenvalue weighted by Gasteiger charge is 2.16. The fourth-order valence-electron chi connectivity index (χ4n) is 2.08. The molecule has 0 bridgehead atoms. The van der Waals surface area contributed by atoms with Crippen molar-refractivity contribution < 1.29 is 0 Å². The molecule has 0 aliphatic carbocycles. The lowest BCUT2D eigenvalue weighted by Gasteiger charge is -2.19. The van der Waals surface area contributed by atoms with Crippen LogP contribution in [0.25, 0.3) is 0 Å². The summed E-state index contributed by atoms with van der Waals surface area (Å²) in [7, 11) is 0. The molecule has 0 spiro atoms. The van der Waals surface area contributed by atoms with E-state index in [0.29, 0.717) is 10.8 Å². The zero-order valence-electron chi connectivity index (χ0n) is 11.1. The highest BCUT2D eigenvalue weighted by atomic mass is 35.5. The van der Waals surface area contributed by atoms with Crippen LogP contribution in [0.1, 0.15) is 17.3 Å². The largest absolute Gasteiger partial charge is 0.356 e. The Morgan fingerprint density at radius 3 is 2.62 bits per heavy atom. The fourth-order valence-corrected chi connectivity index (χ4v) is 2.28. The zero-order valence-corrected chi connectivity index (χ0v) is 11.9. The molecule has 4 nitrogen and oxygen atoms in total. The molecule has 0 amide bonds. The van der Waals surface area contributed by atoms with E-state index < -0.39 is 0 Å². The number of benzene rings is 1. The number of halogens is 1. The van der Waals surface area contributed by atoms with Crippen LogP contribution in [0.5, 0.6) is 0 Å². The first-order valence-corrected chi connectivity index (χ1v) is 6.90. The van der Waals surface area contributed by atoms with Gasteiger partial charge in [-0.1, -0.05) is 29.8 Å². The van der Waals surface area contributed by atoms with E-state index in [0.717, 1.165) is 11.3 Å². The van der Waals surface area contributed by atoms with Gasteiger partial charge in [-0.15, -0.1) is 0 Å². The predicted octanol–water partition coefficient (Wildman–Crippen LogP) is 3.73. The third-order valence-corrected chi connectivity index (χ3v) is 3.26. The SMILES string of the molecule is Clc1cccc(C(Nc2cnccn2)c2ccccn2)c1. The molecule has 0 aliphatic rings. The van der Waals surface area contributed by atoms with Crippen LogP contribution >= 0.6 is 11.6 Å². The van der Waals surface area contributed by atoms with Crippen LogP contribution in [0, 0.1) is 0 Å². The van der Waals surface area contributed by atoms with E-state index in [1.165, 1.54) is 0 Å². The molecule has 1 unspecified atom stereocenters. The van der Waals surface area contributed by atoms with Gasteiger partial charge in [0.15, 0.2) is 0 Å². The minimum Gasteiger partial charge on any atom is -0.356 e. The number of aromatic nitrogens is 3. The highest BCUT2D eigenvalue weighted by Crippen LogP contribution is 2.26. The van der Waals surface area contributed by atoms with Gasteiger partial charge >= 0.3 is 0 Å². The summed E-state index contributed by atoms with van der Waals surface area (Å²) in [6, 6.07) is 13.4. The van der Waals surface area contributed by atoms with Crippen molar-refractivity contribution in [1.29, 1.82) is 0 Å². The number of pyridine rings is 1. The fraction of sp³-hybridized carbons (Fsp3) is 0.0625. The molecule has 3 aromatic rings. The molecular formula is C16H13ClN4. The molecule has 0 saturated heterocycles. The first kappa shape index (κ1) is 13.5. The van der Waals surface area contributed by atoms with Crippen LogP contribution in [0.3, 0.4) is 0 Å². The van der Waals surface area contributed by atoms with Gasteiger partial charge in [-0.2, -0.15) is 0 Å². The normalized spacial score (nSPS) is 11.9. The average molecular weight is 297 g/mol. The molecule has 1 aromatic carbocycles. The average Bonchev–Trinajstić information content (AvgIpc) is 2.54. The summed E-state index contributed by atoms with van der Waals surface area (Å²) in [6.45, 7) is 0. The van der Waals surface area contributed by atoms with E-state index in [-0.39, 0.29) is 6.04 Å². The third-order valence-electron chi connectivity index (χ3n) is 3.02. The Morgan fingerprint density at radius 1 is 0.952 bits per heavy atom.